The molecule has 0 aliphatic carbocycles. The van der Waals surface area contributed by atoms with E-state index in [4.69, 9.17) is 0 Å². The first-order valence-corrected chi connectivity index (χ1v) is 6.74. The SMILES string of the molecule is Cc1ccc(NC(=O)C(O)CCc2ccccc2)cc1. The van der Waals surface area contributed by atoms with Crippen molar-refractivity contribution in [1.29, 1.82) is 0 Å². The van der Waals surface area contributed by atoms with Gasteiger partial charge < -0.3 is 10.4 Å². The van der Waals surface area contributed by atoms with Gasteiger partial charge in [0.05, 0.1) is 0 Å². The lowest BCUT2D eigenvalue weighted by Crippen LogP contribution is -2.28. The van der Waals surface area contributed by atoms with Crippen molar-refractivity contribution in [3.8, 4) is 0 Å². The van der Waals surface area contributed by atoms with E-state index in [1.54, 1.807) is 0 Å². The van der Waals surface area contributed by atoms with Crippen molar-refractivity contribution in [2.24, 2.45) is 0 Å². The Hall–Kier alpha value is -2.13. The fraction of sp³-hybridized carbons (Fsp3) is 0.235. The molecule has 2 N–H and O–H groups in total. The third kappa shape index (κ3) is 4.21. The summed E-state index contributed by atoms with van der Waals surface area (Å²) < 4.78 is 0. The number of rotatable bonds is 5. The van der Waals surface area contributed by atoms with Crippen LogP contribution in [0, 0.1) is 6.92 Å². The van der Waals surface area contributed by atoms with Gasteiger partial charge in [-0.05, 0) is 37.5 Å². The molecular formula is C17H19NO2. The van der Waals surface area contributed by atoms with Crippen LogP contribution in [0.4, 0.5) is 5.69 Å². The summed E-state index contributed by atoms with van der Waals surface area (Å²) in [5, 5.41) is 12.6. The lowest BCUT2D eigenvalue weighted by molar-refractivity contribution is -0.124. The molecule has 1 amide bonds. The van der Waals surface area contributed by atoms with Crippen molar-refractivity contribution in [2.75, 3.05) is 5.32 Å². The number of carbonyl (C=O) groups excluding carboxylic acids is 1. The first-order valence-electron chi connectivity index (χ1n) is 6.74. The summed E-state index contributed by atoms with van der Waals surface area (Å²) in [6.45, 7) is 1.99. The van der Waals surface area contributed by atoms with Gasteiger partial charge in [-0.1, -0.05) is 48.0 Å². The Morgan fingerprint density at radius 2 is 1.75 bits per heavy atom. The maximum absolute atomic E-state index is 11.9. The molecule has 104 valence electrons. The second-order valence-corrected chi connectivity index (χ2v) is 4.90. The topological polar surface area (TPSA) is 49.3 Å². The van der Waals surface area contributed by atoms with Gasteiger partial charge in [-0.2, -0.15) is 0 Å². The lowest BCUT2D eigenvalue weighted by Gasteiger charge is -2.11. The summed E-state index contributed by atoms with van der Waals surface area (Å²) in [5.41, 5.74) is 2.96. The standard InChI is InChI=1S/C17H19NO2/c1-13-7-10-15(11-8-13)18-17(20)16(19)12-9-14-5-3-2-4-6-14/h2-8,10-11,16,19H,9,12H2,1H3,(H,18,20). The summed E-state index contributed by atoms with van der Waals surface area (Å²) in [5.74, 6) is -0.357. The number of aliphatic hydroxyl groups is 1. The molecule has 2 rings (SSSR count). The molecule has 0 saturated heterocycles. The predicted molar refractivity (Wildman–Crippen MR) is 80.6 cm³/mol. The van der Waals surface area contributed by atoms with Gasteiger partial charge in [-0.25, -0.2) is 0 Å². The minimum absolute atomic E-state index is 0.357. The normalized spacial score (nSPS) is 11.9. The molecule has 0 aliphatic rings. The Balaban J connectivity index is 1.84. The van der Waals surface area contributed by atoms with E-state index in [1.807, 2.05) is 61.5 Å². The molecule has 0 aliphatic heterocycles. The first kappa shape index (κ1) is 14.3. The number of aliphatic hydroxyl groups excluding tert-OH is 1. The Morgan fingerprint density at radius 3 is 2.40 bits per heavy atom. The Morgan fingerprint density at radius 1 is 1.10 bits per heavy atom. The zero-order chi connectivity index (χ0) is 14.4. The van der Waals surface area contributed by atoms with Crippen molar-refractivity contribution < 1.29 is 9.90 Å². The second kappa shape index (κ2) is 6.87. The highest BCUT2D eigenvalue weighted by atomic mass is 16.3. The van der Waals surface area contributed by atoms with Crippen LogP contribution in [0.15, 0.2) is 54.6 Å². The highest BCUT2D eigenvalue weighted by molar-refractivity contribution is 5.93. The monoisotopic (exact) mass is 269 g/mol. The highest BCUT2D eigenvalue weighted by Crippen LogP contribution is 2.11. The highest BCUT2D eigenvalue weighted by Gasteiger charge is 2.14. The zero-order valence-corrected chi connectivity index (χ0v) is 11.5. The zero-order valence-electron chi connectivity index (χ0n) is 11.5. The van der Waals surface area contributed by atoms with E-state index in [0.29, 0.717) is 18.5 Å². The van der Waals surface area contributed by atoms with Crippen molar-refractivity contribution in [3.63, 3.8) is 0 Å². The summed E-state index contributed by atoms with van der Waals surface area (Å²) in [7, 11) is 0. The van der Waals surface area contributed by atoms with Gasteiger partial charge in [-0.15, -0.1) is 0 Å². The van der Waals surface area contributed by atoms with E-state index in [-0.39, 0.29) is 5.91 Å². The first-order chi connectivity index (χ1) is 9.65. The summed E-state index contributed by atoms with van der Waals surface area (Å²) in [6.07, 6.45) is 0.113. The van der Waals surface area contributed by atoms with Crippen molar-refractivity contribution in [3.05, 3.63) is 65.7 Å². The molecule has 0 aromatic heterocycles. The fourth-order valence-electron chi connectivity index (χ4n) is 1.94. The Bertz CT molecular complexity index is 549. The van der Waals surface area contributed by atoms with Crippen LogP contribution in [0.1, 0.15) is 17.5 Å². The van der Waals surface area contributed by atoms with E-state index >= 15 is 0 Å². The summed E-state index contributed by atoms with van der Waals surface area (Å²) in [4.78, 5) is 11.9. The molecule has 2 aromatic carbocycles. The minimum Gasteiger partial charge on any atom is -0.383 e. The molecule has 1 unspecified atom stereocenters. The van der Waals surface area contributed by atoms with Crippen molar-refractivity contribution in [2.45, 2.75) is 25.9 Å². The number of anilines is 1. The fourth-order valence-corrected chi connectivity index (χ4v) is 1.94. The van der Waals surface area contributed by atoms with E-state index in [0.717, 1.165) is 11.1 Å². The molecule has 0 bridgehead atoms. The molecule has 3 heteroatoms. The number of hydrogen-bond donors (Lipinski definition) is 2. The van der Waals surface area contributed by atoms with Gasteiger partial charge in [-0.3, -0.25) is 4.79 Å². The van der Waals surface area contributed by atoms with Gasteiger partial charge in [0.25, 0.3) is 5.91 Å². The third-order valence-corrected chi connectivity index (χ3v) is 3.17. The molecule has 0 fully saturated rings. The number of aryl methyl sites for hydroxylation is 2. The van der Waals surface area contributed by atoms with Crippen LogP contribution in [0.2, 0.25) is 0 Å². The molecule has 1 atom stereocenters. The number of amides is 1. The van der Waals surface area contributed by atoms with Crippen LogP contribution >= 0.6 is 0 Å². The van der Waals surface area contributed by atoms with Crippen molar-refractivity contribution >= 4 is 11.6 Å². The average Bonchev–Trinajstić information content (AvgIpc) is 2.48. The molecule has 0 radical (unpaired) electrons. The maximum Gasteiger partial charge on any atom is 0.253 e. The third-order valence-electron chi connectivity index (χ3n) is 3.17. The smallest absolute Gasteiger partial charge is 0.253 e. The number of nitrogens with one attached hydrogen (secondary N) is 1. The second-order valence-electron chi connectivity index (χ2n) is 4.90. The molecule has 0 saturated carbocycles. The van der Waals surface area contributed by atoms with Gasteiger partial charge in [0.15, 0.2) is 0 Å². The van der Waals surface area contributed by atoms with Crippen LogP contribution in [-0.2, 0) is 11.2 Å². The molecule has 0 heterocycles. The largest absolute Gasteiger partial charge is 0.383 e. The van der Waals surface area contributed by atoms with E-state index in [1.165, 1.54) is 0 Å². The summed E-state index contributed by atoms with van der Waals surface area (Å²) >= 11 is 0. The van der Waals surface area contributed by atoms with Crippen LogP contribution in [0.25, 0.3) is 0 Å². The average molecular weight is 269 g/mol. The lowest BCUT2D eigenvalue weighted by atomic mass is 10.1. The van der Waals surface area contributed by atoms with Crippen LogP contribution in [-0.4, -0.2) is 17.1 Å². The van der Waals surface area contributed by atoms with Crippen molar-refractivity contribution in [1.82, 2.24) is 0 Å². The van der Waals surface area contributed by atoms with Gasteiger partial charge in [0.1, 0.15) is 6.10 Å². The molecule has 0 spiro atoms. The van der Waals surface area contributed by atoms with Crippen LogP contribution in [0.3, 0.4) is 0 Å². The quantitative estimate of drug-likeness (QED) is 0.876. The van der Waals surface area contributed by atoms with E-state index in [2.05, 4.69) is 5.32 Å². The number of carbonyl (C=O) groups is 1. The maximum atomic E-state index is 11.9. The van der Waals surface area contributed by atoms with Gasteiger partial charge in [0.2, 0.25) is 0 Å². The molecule has 20 heavy (non-hydrogen) atoms. The molecule has 2 aromatic rings. The van der Waals surface area contributed by atoms with E-state index in [9.17, 15) is 9.90 Å². The van der Waals surface area contributed by atoms with Crippen LogP contribution in [0.5, 0.6) is 0 Å². The van der Waals surface area contributed by atoms with E-state index < -0.39 is 6.10 Å². The predicted octanol–water partition coefficient (Wildman–Crippen LogP) is 2.93. The number of benzene rings is 2. The molecular weight excluding hydrogens is 250 g/mol. The molecule has 3 nitrogen and oxygen atoms in total. The Kier molecular flexibility index (Phi) is 4.91. The summed E-state index contributed by atoms with van der Waals surface area (Å²) in [6, 6.07) is 17.3. The van der Waals surface area contributed by atoms with Gasteiger partial charge >= 0.3 is 0 Å². The van der Waals surface area contributed by atoms with Gasteiger partial charge in [0, 0.05) is 5.69 Å². The Labute approximate surface area is 119 Å². The van der Waals surface area contributed by atoms with Crippen LogP contribution < -0.4 is 5.32 Å². The number of hydrogen-bond acceptors (Lipinski definition) is 2. The minimum atomic E-state index is -0.989.